The fourth-order valence-corrected chi connectivity index (χ4v) is 4.46. The Hall–Kier alpha value is -3.78. The number of pyridine rings is 2. The third-order valence-electron chi connectivity index (χ3n) is 5.70. The number of hydrogen-bond donors (Lipinski definition) is 0. The lowest BCUT2D eigenvalue weighted by atomic mass is 10.1. The number of amides is 1. The van der Waals surface area contributed by atoms with Gasteiger partial charge in [0.05, 0.1) is 35.2 Å². The first kappa shape index (κ1) is 24.3. The lowest BCUT2D eigenvalue weighted by molar-refractivity contribution is 0.0777. The molecule has 0 atom stereocenters. The number of thiazole rings is 1. The number of carbonyl (C=O) groups is 1. The van der Waals surface area contributed by atoms with E-state index in [-0.39, 0.29) is 23.5 Å². The Morgan fingerprint density at radius 2 is 1.86 bits per heavy atom. The number of aryl methyl sites for hydroxylation is 3. The van der Waals surface area contributed by atoms with Crippen LogP contribution in [-0.2, 0) is 19.7 Å². The first-order valence-corrected chi connectivity index (χ1v) is 12.2. The minimum atomic E-state index is -0.363. The summed E-state index contributed by atoms with van der Waals surface area (Å²) in [5, 5.41) is 2.86. The molecule has 0 spiro atoms. The quantitative estimate of drug-likeness (QED) is 0.364. The van der Waals surface area contributed by atoms with Crippen LogP contribution in [-0.4, -0.2) is 32.4 Å². The van der Waals surface area contributed by atoms with Crippen LogP contribution < -0.4 is 10.2 Å². The maximum absolute atomic E-state index is 13.6. The number of nitrogens with zero attached hydrogens (tertiary/aromatic N) is 4. The molecule has 0 aliphatic heterocycles. The molecule has 0 unspecified atom stereocenters. The summed E-state index contributed by atoms with van der Waals surface area (Å²) < 4.78 is 8.00. The third kappa shape index (κ3) is 5.84. The molecule has 0 bridgehead atoms. The molecule has 35 heavy (non-hydrogen) atoms. The van der Waals surface area contributed by atoms with Gasteiger partial charge in [-0.2, -0.15) is 0 Å². The van der Waals surface area contributed by atoms with Gasteiger partial charge in [-0.15, -0.1) is 11.3 Å². The first-order valence-electron chi connectivity index (χ1n) is 11.3. The predicted octanol–water partition coefficient (Wildman–Crippen LogP) is 4.52. The van der Waals surface area contributed by atoms with Gasteiger partial charge in [-0.25, -0.2) is 4.98 Å². The second-order valence-electron chi connectivity index (χ2n) is 8.50. The third-order valence-corrected chi connectivity index (χ3v) is 6.52. The van der Waals surface area contributed by atoms with Crippen LogP contribution in [0.5, 0.6) is 5.75 Å². The van der Waals surface area contributed by atoms with Crippen LogP contribution in [0, 0.1) is 20.8 Å². The first-order chi connectivity index (χ1) is 16.8. The maximum Gasteiger partial charge on any atom is 0.259 e. The van der Waals surface area contributed by atoms with Crippen LogP contribution >= 0.6 is 11.3 Å². The topological polar surface area (TPSA) is 77.3 Å². The zero-order valence-corrected chi connectivity index (χ0v) is 21.1. The number of carbonyl (C=O) groups excluding carboxylic acids is 1. The fourth-order valence-electron chi connectivity index (χ4n) is 3.86. The molecule has 8 heteroatoms. The van der Waals surface area contributed by atoms with E-state index in [1.807, 2.05) is 73.2 Å². The van der Waals surface area contributed by atoms with E-state index in [1.54, 1.807) is 13.2 Å². The van der Waals surface area contributed by atoms with Crippen LogP contribution in [0.1, 0.15) is 43.7 Å². The Kier molecular flexibility index (Phi) is 7.41. The average Bonchev–Trinajstić information content (AvgIpc) is 3.25. The van der Waals surface area contributed by atoms with Crippen LogP contribution in [0.2, 0.25) is 0 Å². The second-order valence-corrected chi connectivity index (χ2v) is 9.56. The van der Waals surface area contributed by atoms with Crippen molar-refractivity contribution < 1.29 is 9.53 Å². The molecule has 0 aliphatic carbocycles. The summed E-state index contributed by atoms with van der Waals surface area (Å²) in [5.74, 6) is 0.302. The summed E-state index contributed by atoms with van der Waals surface area (Å²) in [7, 11) is 1.68. The number of rotatable bonds is 8. The SMILES string of the molecule is Cc1ccc(OCc2c(C(=O)N(C)Cc3csc(C)n3)c(=O)cc(C)n2Cc2ccccn2)cc1. The minimum absolute atomic E-state index is 0.0670. The second kappa shape index (κ2) is 10.7. The van der Waals surface area contributed by atoms with Gasteiger partial charge in [-0.3, -0.25) is 14.6 Å². The van der Waals surface area contributed by atoms with Gasteiger partial charge in [0.25, 0.3) is 5.91 Å². The predicted molar refractivity (Wildman–Crippen MR) is 137 cm³/mol. The highest BCUT2D eigenvalue weighted by atomic mass is 32.1. The summed E-state index contributed by atoms with van der Waals surface area (Å²) >= 11 is 1.53. The summed E-state index contributed by atoms with van der Waals surface area (Å²) in [6.07, 6.45) is 1.73. The zero-order valence-electron chi connectivity index (χ0n) is 20.3. The smallest absolute Gasteiger partial charge is 0.259 e. The van der Waals surface area contributed by atoms with Crippen LogP contribution in [0.15, 0.2) is 64.9 Å². The van der Waals surface area contributed by atoms with Gasteiger partial charge in [0, 0.05) is 30.4 Å². The van der Waals surface area contributed by atoms with E-state index in [4.69, 9.17) is 4.74 Å². The molecule has 0 N–H and O–H groups in total. The van der Waals surface area contributed by atoms with E-state index in [9.17, 15) is 9.59 Å². The Labute approximate surface area is 208 Å². The molecular formula is C27H28N4O3S. The fraction of sp³-hybridized carbons (Fsp3) is 0.259. The van der Waals surface area contributed by atoms with Crippen molar-refractivity contribution in [3.63, 3.8) is 0 Å². The van der Waals surface area contributed by atoms with Crippen molar-refractivity contribution in [1.29, 1.82) is 0 Å². The Balaban J connectivity index is 1.74. The van der Waals surface area contributed by atoms with Crippen molar-refractivity contribution in [2.24, 2.45) is 0 Å². The molecule has 0 saturated heterocycles. The molecular weight excluding hydrogens is 460 g/mol. The van der Waals surface area contributed by atoms with Crippen molar-refractivity contribution in [3.05, 3.63) is 109 Å². The van der Waals surface area contributed by atoms with Crippen molar-refractivity contribution in [3.8, 4) is 5.75 Å². The zero-order chi connectivity index (χ0) is 24.9. The largest absolute Gasteiger partial charge is 0.487 e. The van der Waals surface area contributed by atoms with Crippen molar-refractivity contribution in [2.45, 2.75) is 40.5 Å². The summed E-state index contributed by atoms with van der Waals surface area (Å²) in [4.78, 5) is 37.2. The van der Waals surface area contributed by atoms with Crippen LogP contribution in [0.4, 0.5) is 0 Å². The van der Waals surface area contributed by atoms with Gasteiger partial charge in [0.2, 0.25) is 0 Å². The molecule has 1 amide bonds. The molecule has 4 rings (SSSR count). The van der Waals surface area contributed by atoms with Crippen LogP contribution in [0.3, 0.4) is 0 Å². The summed E-state index contributed by atoms with van der Waals surface area (Å²) in [6, 6.07) is 14.9. The molecule has 3 heterocycles. The molecule has 180 valence electrons. The Bertz CT molecular complexity index is 1380. The Morgan fingerprint density at radius 3 is 2.51 bits per heavy atom. The van der Waals surface area contributed by atoms with Crippen molar-refractivity contribution >= 4 is 17.2 Å². The molecule has 3 aromatic heterocycles. The molecule has 1 aromatic carbocycles. The van der Waals surface area contributed by atoms with Crippen molar-refractivity contribution in [1.82, 2.24) is 19.4 Å². The molecule has 0 saturated carbocycles. The highest BCUT2D eigenvalue weighted by Crippen LogP contribution is 2.19. The molecule has 7 nitrogen and oxygen atoms in total. The normalized spacial score (nSPS) is 10.9. The molecule has 4 aromatic rings. The monoisotopic (exact) mass is 488 g/mol. The number of ether oxygens (including phenoxy) is 1. The van der Waals surface area contributed by atoms with Gasteiger partial charge >= 0.3 is 0 Å². The molecule has 0 radical (unpaired) electrons. The lowest BCUT2D eigenvalue weighted by Gasteiger charge is -2.23. The summed E-state index contributed by atoms with van der Waals surface area (Å²) in [6.45, 7) is 6.58. The van der Waals surface area contributed by atoms with Gasteiger partial charge in [-0.1, -0.05) is 23.8 Å². The van der Waals surface area contributed by atoms with Gasteiger partial charge in [0.15, 0.2) is 5.43 Å². The van der Waals surface area contributed by atoms with E-state index in [2.05, 4.69) is 9.97 Å². The number of hydrogen-bond acceptors (Lipinski definition) is 6. The minimum Gasteiger partial charge on any atom is -0.487 e. The number of benzene rings is 1. The van der Waals surface area contributed by atoms with Crippen LogP contribution in [0.25, 0.3) is 0 Å². The lowest BCUT2D eigenvalue weighted by Crippen LogP contribution is -2.34. The van der Waals surface area contributed by atoms with Gasteiger partial charge in [-0.05, 0) is 45.0 Å². The summed E-state index contributed by atoms with van der Waals surface area (Å²) in [5.41, 5.74) is 3.77. The van der Waals surface area contributed by atoms with E-state index in [0.29, 0.717) is 24.5 Å². The van der Waals surface area contributed by atoms with Gasteiger partial charge in [0.1, 0.15) is 17.9 Å². The maximum atomic E-state index is 13.6. The van der Waals surface area contributed by atoms with E-state index in [0.717, 1.165) is 27.7 Å². The van der Waals surface area contributed by atoms with E-state index < -0.39 is 0 Å². The van der Waals surface area contributed by atoms with Crippen molar-refractivity contribution in [2.75, 3.05) is 7.05 Å². The molecule has 0 aliphatic rings. The van der Waals surface area contributed by atoms with E-state index >= 15 is 0 Å². The van der Waals surface area contributed by atoms with Gasteiger partial charge < -0.3 is 14.2 Å². The average molecular weight is 489 g/mol. The number of aromatic nitrogens is 3. The Morgan fingerprint density at radius 1 is 1.09 bits per heavy atom. The highest BCUT2D eigenvalue weighted by molar-refractivity contribution is 7.09. The standard InChI is InChI=1S/C27H28N4O3S/c1-18-8-10-23(11-9-18)34-16-24-26(27(33)30(4)14-22-17-35-20(3)29-22)25(32)13-19(2)31(24)15-21-7-5-6-12-28-21/h5-13,17H,14-16H2,1-4H3. The highest BCUT2D eigenvalue weighted by Gasteiger charge is 2.24. The molecule has 0 fully saturated rings. The van der Waals surface area contributed by atoms with E-state index in [1.165, 1.54) is 22.3 Å².